The van der Waals surface area contributed by atoms with Crippen molar-refractivity contribution in [2.75, 3.05) is 19.7 Å². The van der Waals surface area contributed by atoms with Crippen LogP contribution in [0, 0.1) is 0 Å². The van der Waals surface area contributed by atoms with E-state index in [4.69, 9.17) is 4.74 Å². The van der Waals surface area contributed by atoms with Crippen molar-refractivity contribution in [1.29, 1.82) is 0 Å². The topological polar surface area (TPSA) is 29.5 Å². The van der Waals surface area contributed by atoms with Crippen molar-refractivity contribution in [3.63, 3.8) is 0 Å². The van der Waals surface area contributed by atoms with Crippen LogP contribution in [-0.4, -0.2) is 42.5 Å². The van der Waals surface area contributed by atoms with Crippen LogP contribution in [0.2, 0.25) is 0 Å². The van der Waals surface area contributed by atoms with Gasteiger partial charge in [-0.1, -0.05) is 0 Å². The molecule has 0 bridgehead atoms. The molecule has 3 heteroatoms. The highest BCUT2D eigenvalue weighted by Crippen LogP contribution is 2.16. The van der Waals surface area contributed by atoms with Crippen molar-refractivity contribution < 1.29 is 9.53 Å². The van der Waals surface area contributed by atoms with Crippen LogP contribution in [0.3, 0.4) is 0 Å². The summed E-state index contributed by atoms with van der Waals surface area (Å²) in [5.74, 6) is 0. The zero-order valence-electron chi connectivity index (χ0n) is 8.04. The van der Waals surface area contributed by atoms with Crippen LogP contribution in [0.15, 0.2) is 0 Å². The van der Waals surface area contributed by atoms with Crippen molar-refractivity contribution in [2.45, 2.75) is 32.4 Å². The van der Waals surface area contributed by atoms with E-state index < -0.39 is 0 Å². The molecular weight excluding hydrogens is 154 g/mol. The Kier molecular flexibility index (Phi) is 2.85. The standard InChI is InChI=1S/C9H17NO2/c1-9(2,3)10-4-5-12-8(6-10)7-11/h7-8H,4-6H2,1-3H3. The number of morpholine rings is 1. The molecule has 1 unspecified atom stereocenters. The van der Waals surface area contributed by atoms with Crippen molar-refractivity contribution in [3.05, 3.63) is 0 Å². The maximum absolute atomic E-state index is 10.5. The second-order valence-corrected chi connectivity index (χ2v) is 4.16. The third kappa shape index (κ3) is 2.29. The van der Waals surface area contributed by atoms with E-state index in [9.17, 15) is 4.79 Å². The van der Waals surface area contributed by atoms with Gasteiger partial charge >= 0.3 is 0 Å². The van der Waals surface area contributed by atoms with E-state index in [0.717, 1.165) is 19.4 Å². The number of ether oxygens (including phenoxy) is 1. The number of carbonyl (C=O) groups excluding carboxylic acids is 1. The van der Waals surface area contributed by atoms with Crippen molar-refractivity contribution >= 4 is 6.29 Å². The van der Waals surface area contributed by atoms with Crippen LogP contribution in [0.1, 0.15) is 20.8 Å². The maximum Gasteiger partial charge on any atom is 0.150 e. The summed E-state index contributed by atoms with van der Waals surface area (Å²) in [6, 6.07) is 0. The first-order chi connectivity index (χ1) is 5.54. The lowest BCUT2D eigenvalue weighted by Crippen LogP contribution is -2.51. The normalized spacial score (nSPS) is 27.1. The van der Waals surface area contributed by atoms with Crippen LogP contribution in [0.4, 0.5) is 0 Å². The second kappa shape index (κ2) is 3.54. The number of hydrogen-bond acceptors (Lipinski definition) is 3. The lowest BCUT2D eigenvalue weighted by atomic mass is 10.0. The lowest BCUT2D eigenvalue weighted by Gasteiger charge is -2.40. The highest BCUT2D eigenvalue weighted by molar-refractivity contribution is 5.56. The molecule has 0 spiro atoms. The summed E-state index contributed by atoms with van der Waals surface area (Å²) >= 11 is 0. The summed E-state index contributed by atoms with van der Waals surface area (Å²) in [5, 5.41) is 0. The molecule has 0 amide bonds. The van der Waals surface area contributed by atoms with Gasteiger partial charge in [0.15, 0.2) is 0 Å². The minimum absolute atomic E-state index is 0.144. The molecule has 0 radical (unpaired) electrons. The summed E-state index contributed by atoms with van der Waals surface area (Å²) in [5.41, 5.74) is 0.144. The largest absolute Gasteiger partial charge is 0.368 e. The molecule has 1 heterocycles. The molecule has 1 rings (SSSR count). The molecule has 12 heavy (non-hydrogen) atoms. The minimum Gasteiger partial charge on any atom is -0.368 e. The Bertz CT molecular complexity index is 162. The molecular formula is C9H17NO2. The number of rotatable bonds is 1. The lowest BCUT2D eigenvalue weighted by molar-refractivity contribution is -0.126. The van der Waals surface area contributed by atoms with E-state index in [0.29, 0.717) is 6.61 Å². The van der Waals surface area contributed by atoms with Gasteiger partial charge in [-0.15, -0.1) is 0 Å². The average molecular weight is 171 g/mol. The summed E-state index contributed by atoms with van der Waals surface area (Å²) in [4.78, 5) is 12.8. The van der Waals surface area contributed by atoms with E-state index in [2.05, 4.69) is 25.7 Å². The fourth-order valence-electron chi connectivity index (χ4n) is 1.37. The number of nitrogens with zero attached hydrogens (tertiary/aromatic N) is 1. The van der Waals surface area contributed by atoms with Crippen LogP contribution in [0.5, 0.6) is 0 Å². The zero-order chi connectivity index (χ0) is 9.19. The quantitative estimate of drug-likeness (QED) is 0.543. The first-order valence-corrected chi connectivity index (χ1v) is 4.36. The molecule has 1 saturated heterocycles. The molecule has 0 aromatic heterocycles. The smallest absolute Gasteiger partial charge is 0.150 e. The molecule has 1 aliphatic heterocycles. The molecule has 0 aromatic rings. The summed E-state index contributed by atoms with van der Waals surface area (Å²) in [6.07, 6.45) is 0.663. The third-order valence-corrected chi connectivity index (χ3v) is 2.19. The molecule has 1 aliphatic rings. The van der Waals surface area contributed by atoms with E-state index >= 15 is 0 Å². The molecule has 70 valence electrons. The van der Waals surface area contributed by atoms with Crippen molar-refractivity contribution in [3.8, 4) is 0 Å². The van der Waals surface area contributed by atoms with Crippen LogP contribution >= 0.6 is 0 Å². The van der Waals surface area contributed by atoms with Crippen LogP contribution < -0.4 is 0 Å². The van der Waals surface area contributed by atoms with Gasteiger partial charge in [-0.25, -0.2) is 0 Å². The monoisotopic (exact) mass is 171 g/mol. The van der Waals surface area contributed by atoms with Crippen molar-refractivity contribution in [1.82, 2.24) is 4.90 Å². The van der Waals surface area contributed by atoms with Gasteiger partial charge in [-0.3, -0.25) is 4.90 Å². The SMILES string of the molecule is CC(C)(C)N1CCOC(C=O)C1. The van der Waals surface area contributed by atoms with E-state index in [1.54, 1.807) is 0 Å². The summed E-state index contributed by atoms with van der Waals surface area (Å²) < 4.78 is 5.24. The first-order valence-electron chi connectivity index (χ1n) is 4.36. The summed E-state index contributed by atoms with van der Waals surface area (Å²) in [6.45, 7) is 8.78. The van der Waals surface area contributed by atoms with E-state index in [1.165, 1.54) is 0 Å². The Hall–Kier alpha value is -0.410. The number of aldehydes is 1. The molecule has 0 aliphatic carbocycles. The van der Waals surface area contributed by atoms with Gasteiger partial charge in [-0.05, 0) is 20.8 Å². The molecule has 1 atom stereocenters. The molecule has 3 nitrogen and oxygen atoms in total. The Morgan fingerprint density at radius 2 is 2.17 bits per heavy atom. The predicted octanol–water partition coefficient (Wildman–Crippen LogP) is 0.685. The fourth-order valence-corrected chi connectivity index (χ4v) is 1.37. The highest BCUT2D eigenvalue weighted by atomic mass is 16.5. The minimum atomic E-state index is -0.224. The Morgan fingerprint density at radius 1 is 1.50 bits per heavy atom. The van der Waals surface area contributed by atoms with Crippen LogP contribution in [-0.2, 0) is 9.53 Å². The maximum atomic E-state index is 10.5. The van der Waals surface area contributed by atoms with Gasteiger partial charge in [0.1, 0.15) is 12.4 Å². The average Bonchev–Trinajstić information content (AvgIpc) is 2.03. The molecule has 1 fully saturated rings. The van der Waals surface area contributed by atoms with Crippen molar-refractivity contribution in [2.24, 2.45) is 0 Å². The summed E-state index contributed by atoms with van der Waals surface area (Å²) in [7, 11) is 0. The van der Waals surface area contributed by atoms with Gasteiger partial charge in [0.05, 0.1) is 6.61 Å². The van der Waals surface area contributed by atoms with E-state index in [-0.39, 0.29) is 11.6 Å². The second-order valence-electron chi connectivity index (χ2n) is 4.16. The van der Waals surface area contributed by atoms with Gasteiger partial charge in [-0.2, -0.15) is 0 Å². The predicted molar refractivity (Wildman–Crippen MR) is 47.1 cm³/mol. The Balaban J connectivity index is 2.51. The number of carbonyl (C=O) groups is 1. The van der Waals surface area contributed by atoms with Gasteiger partial charge in [0.25, 0.3) is 0 Å². The Labute approximate surface area is 73.7 Å². The Morgan fingerprint density at radius 3 is 2.67 bits per heavy atom. The molecule has 0 saturated carbocycles. The van der Waals surface area contributed by atoms with Gasteiger partial charge in [0.2, 0.25) is 0 Å². The van der Waals surface area contributed by atoms with Gasteiger partial charge < -0.3 is 9.53 Å². The van der Waals surface area contributed by atoms with Crippen LogP contribution in [0.25, 0.3) is 0 Å². The molecule has 0 N–H and O–H groups in total. The highest BCUT2D eigenvalue weighted by Gasteiger charge is 2.27. The molecule has 0 aromatic carbocycles. The zero-order valence-corrected chi connectivity index (χ0v) is 8.04. The fraction of sp³-hybridized carbons (Fsp3) is 0.889. The first kappa shape index (κ1) is 9.68. The third-order valence-electron chi connectivity index (χ3n) is 2.19. The number of hydrogen-bond donors (Lipinski definition) is 0. The van der Waals surface area contributed by atoms with E-state index in [1.807, 2.05) is 0 Å². The van der Waals surface area contributed by atoms with Gasteiger partial charge in [0, 0.05) is 18.6 Å².